The first-order valence-electron chi connectivity index (χ1n) is 6.86. The third-order valence-corrected chi connectivity index (χ3v) is 4.11. The van der Waals surface area contributed by atoms with Gasteiger partial charge < -0.3 is 10.4 Å². The number of benzene rings is 2. The molecule has 0 spiro atoms. The summed E-state index contributed by atoms with van der Waals surface area (Å²) in [4.78, 5) is 1.28. The van der Waals surface area contributed by atoms with Crippen molar-refractivity contribution in [3.05, 3.63) is 54.1 Å². The predicted octanol–water partition coefficient (Wildman–Crippen LogP) is 4.55. The summed E-state index contributed by atoms with van der Waals surface area (Å²) in [5.41, 5.74) is 2.47. The monoisotopic (exact) mass is 287 g/mol. The van der Waals surface area contributed by atoms with Gasteiger partial charge in [0.05, 0.1) is 0 Å². The number of rotatable bonds is 6. The molecular weight excluding hydrogens is 266 g/mol. The first-order chi connectivity index (χ1) is 9.69. The molecule has 0 aliphatic heterocycles. The molecule has 0 radical (unpaired) electrons. The molecule has 0 aliphatic rings. The molecule has 0 aliphatic carbocycles. The third-order valence-electron chi connectivity index (χ3n) is 3.31. The first-order valence-corrected chi connectivity index (χ1v) is 8.09. The Labute approximate surface area is 125 Å². The van der Waals surface area contributed by atoms with Gasteiger partial charge in [0.1, 0.15) is 5.75 Å². The van der Waals surface area contributed by atoms with Crippen LogP contribution in [0.15, 0.2) is 53.4 Å². The van der Waals surface area contributed by atoms with Gasteiger partial charge in [-0.25, -0.2) is 0 Å². The number of aromatic hydroxyl groups is 1. The Hall–Kier alpha value is -1.61. The fourth-order valence-electron chi connectivity index (χ4n) is 2.15. The number of phenolic OH excluding ortho intramolecular Hbond substituents is 1. The van der Waals surface area contributed by atoms with Crippen LogP contribution in [-0.2, 0) is 6.42 Å². The Morgan fingerprint density at radius 2 is 1.80 bits per heavy atom. The number of nitrogens with one attached hydrogen (secondary N) is 1. The van der Waals surface area contributed by atoms with Crippen molar-refractivity contribution in [2.75, 3.05) is 11.6 Å². The van der Waals surface area contributed by atoms with Crippen LogP contribution in [0.4, 0.5) is 5.69 Å². The van der Waals surface area contributed by atoms with Crippen LogP contribution >= 0.6 is 11.8 Å². The van der Waals surface area contributed by atoms with Crippen LogP contribution < -0.4 is 5.32 Å². The van der Waals surface area contributed by atoms with E-state index >= 15 is 0 Å². The lowest BCUT2D eigenvalue weighted by molar-refractivity contribution is 0.475. The summed E-state index contributed by atoms with van der Waals surface area (Å²) in [6, 6.07) is 16.3. The van der Waals surface area contributed by atoms with E-state index in [0.29, 0.717) is 11.8 Å². The van der Waals surface area contributed by atoms with Gasteiger partial charge in [0.25, 0.3) is 0 Å². The minimum Gasteiger partial charge on any atom is -0.508 e. The van der Waals surface area contributed by atoms with Gasteiger partial charge in [0, 0.05) is 16.6 Å². The lowest BCUT2D eigenvalue weighted by atomic mass is 10.1. The average Bonchev–Trinajstić information content (AvgIpc) is 2.47. The number of aryl methyl sites for hydroxylation is 1. The minimum absolute atomic E-state index is 0.328. The van der Waals surface area contributed by atoms with E-state index < -0.39 is 0 Å². The molecule has 0 saturated heterocycles. The van der Waals surface area contributed by atoms with Gasteiger partial charge in [-0.15, -0.1) is 11.8 Å². The van der Waals surface area contributed by atoms with E-state index in [-0.39, 0.29) is 0 Å². The Morgan fingerprint density at radius 3 is 2.50 bits per heavy atom. The predicted molar refractivity (Wildman–Crippen MR) is 87.7 cm³/mol. The van der Waals surface area contributed by atoms with E-state index in [4.69, 9.17) is 0 Å². The van der Waals surface area contributed by atoms with Crippen LogP contribution in [0.5, 0.6) is 5.75 Å². The molecule has 0 aromatic heterocycles. The van der Waals surface area contributed by atoms with Crippen molar-refractivity contribution in [2.24, 2.45) is 0 Å². The summed E-state index contributed by atoms with van der Waals surface area (Å²) < 4.78 is 0. The van der Waals surface area contributed by atoms with E-state index in [0.717, 1.165) is 12.8 Å². The van der Waals surface area contributed by atoms with Crippen molar-refractivity contribution >= 4 is 17.4 Å². The highest BCUT2D eigenvalue weighted by Crippen LogP contribution is 2.25. The van der Waals surface area contributed by atoms with Gasteiger partial charge in [-0.05, 0) is 55.9 Å². The van der Waals surface area contributed by atoms with Crippen LogP contribution in [-0.4, -0.2) is 17.4 Å². The van der Waals surface area contributed by atoms with Crippen molar-refractivity contribution in [3.8, 4) is 5.75 Å². The normalized spacial score (nSPS) is 12.1. The highest BCUT2D eigenvalue weighted by atomic mass is 32.2. The van der Waals surface area contributed by atoms with Crippen molar-refractivity contribution in [3.63, 3.8) is 0 Å². The minimum atomic E-state index is 0.328. The SMILES string of the molecule is CSc1ccccc1NC(C)CCc1ccc(O)cc1. The molecule has 2 nitrogen and oxygen atoms in total. The van der Waals surface area contributed by atoms with E-state index in [1.54, 1.807) is 23.9 Å². The Balaban J connectivity index is 1.89. The third kappa shape index (κ3) is 4.20. The number of thioether (sulfide) groups is 1. The van der Waals surface area contributed by atoms with Gasteiger partial charge in [-0.2, -0.15) is 0 Å². The Kier molecular flexibility index (Phi) is 5.36. The second kappa shape index (κ2) is 7.25. The second-order valence-corrected chi connectivity index (χ2v) is 5.80. The summed E-state index contributed by atoms with van der Waals surface area (Å²) in [6.45, 7) is 2.21. The lowest BCUT2D eigenvalue weighted by Gasteiger charge is -2.17. The highest BCUT2D eigenvalue weighted by Gasteiger charge is 2.06. The summed E-state index contributed by atoms with van der Waals surface area (Å²) >= 11 is 1.76. The standard InChI is InChI=1S/C17H21NOS/c1-13(7-8-14-9-11-15(19)12-10-14)18-16-5-3-4-6-17(16)20-2/h3-6,9-13,18-19H,7-8H2,1-2H3. The first kappa shape index (κ1) is 14.8. The smallest absolute Gasteiger partial charge is 0.115 e. The van der Waals surface area contributed by atoms with Gasteiger partial charge >= 0.3 is 0 Å². The summed E-state index contributed by atoms with van der Waals surface area (Å²) in [7, 11) is 0. The van der Waals surface area contributed by atoms with Gasteiger partial charge in [0.15, 0.2) is 0 Å². The van der Waals surface area contributed by atoms with Crippen molar-refractivity contribution in [1.82, 2.24) is 0 Å². The molecule has 2 N–H and O–H groups in total. The molecule has 2 aromatic carbocycles. The zero-order chi connectivity index (χ0) is 14.4. The fourth-order valence-corrected chi connectivity index (χ4v) is 2.71. The molecule has 0 bridgehead atoms. The number of anilines is 1. The maximum absolute atomic E-state index is 9.27. The van der Waals surface area contributed by atoms with E-state index in [9.17, 15) is 5.11 Å². The molecule has 20 heavy (non-hydrogen) atoms. The summed E-state index contributed by atoms with van der Waals surface area (Å²) in [5, 5.41) is 12.8. The molecule has 0 heterocycles. The number of para-hydroxylation sites is 1. The fraction of sp³-hybridized carbons (Fsp3) is 0.294. The largest absolute Gasteiger partial charge is 0.508 e. The molecule has 2 aromatic rings. The molecule has 0 fully saturated rings. The Morgan fingerprint density at radius 1 is 1.10 bits per heavy atom. The zero-order valence-electron chi connectivity index (χ0n) is 12.0. The molecule has 0 saturated carbocycles. The van der Waals surface area contributed by atoms with Crippen molar-refractivity contribution in [2.45, 2.75) is 30.7 Å². The van der Waals surface area contributed by atoms with Gasteiger partial charge in [-0.1, -0.05) is 24.3 Å². The van der Waals surface area contributed by atoms with Crippen LogP contribution in [0, 0.1) is 0 Å². The topological polar surface area (TPSA) is 32.3 Å². The van der Waals surface area contributed by atoms with Crippen LogP contribution in [0.2, 0.25) is 0 Å². The molecule has 2 rings (SSSR count). The molecule has 1 atom stereocenters. The maximum atomic E-state index is 9.27. The van der Waals surface area contributed by atoms with Crippen LogP contribution in [0.25, 0.3) is 0 Å². The zero-order valence-corrected chi connectivity index (χ0v) is 12.8. The average molecular weight is 287 g/mol. The maximum Gasteiger partial charge on any atom is 0.115 e. The van der Waals surface area contributed by atoms with E-state index in [1.165, 1.54) is 16.1 Å². The van der Waals surface area contributed by atoms with Gasteiger partial charge in [0.2, 0.25) is 0 Å². The van der Waals surface area contributed by atoms with Crippen LogP contribution in [0.3, 0.4) is 0 Å². The van der Waals surface area contributed by atoms with Gasteiger partial charge in [-0.3, -0.25) is 0 Å². The summed E-state index contributed by atoms with van der Waals surface area (Å²) in [5.74, 6) is 0.328. The highest BCUT2D eigenvalue weighted by molar-refractivity contribution is 7.98. The number of hydrogen-bond donors (Lipinski definition) is 2. The molecule has 0 amide bonds. The molecular formula is C17H21NOS. The van der Waals surface area contributed by atoms with Crippen molar-refractivity contribution in [1.29, 1.82) is 0 Å². The Bertz CT molecular complexity index is 539. The van der Waals surface area contributed by atoms with E-state index in [1.807, 2.05) is 12.1 Å². The molecule has 106 valence electrons. The molecule has 3 heteroatoms. The number of phenols is 1. The van der Waals surface area contributed by atoms with E-state index in [2.05, 4.69) is 42.8 Å². The van der Waals surface area contributed by atoms with Crippen LogP contribution in [0.1, 0.15) is 18.9 Å². The second-order valence-electron chi connectivity index (χ2n) is 4.95. The van der Waals surface area contributed by atoms with Crippen molar-refractivity contribution < 1.29 is 5.11 Å². The summed E-state index contributed by atoms with van der Waals surface area (Å²) in [6.07, 6.45) is 4.17. The quantitative estimate of drug-likeness (QED) is 0.765. The number of hydrogen-bond acceptors (Lipinski definition) is 3. The lowest BCUT2D eigenvalue weighted by Crippen LogP contribution is -2.16. The molecule has 1 unspecified atom stereocenters.